The number of likely N-dealkylation sites (tertiary alicyclic amines) is 1. The standard InChI is InChI=1S/C13H21NO3/c1-9(2)10-6-7-14(11(10)8-15)12(16)17-13(3,4)5/h8,11H,6-7H2,1-5H3/t11-/m1/s1. The van der Waals surface area contributed by atoms with Gasteiger partial charge in [0, 0.05) is 6.54 Å². The molecule has 1 aliphatic rings. The van der Waals surface area contributed by atoms with Crippen molar-refractivity contribution in [3.63, 3.8) is 0 Å². The van der Waals surface area contributed by atoms with E-state index in [2.05, 4.69) is 0 Å². The highest BCUT2D eigenvalue weighted by atomic mass is 16.6. The van der Waals surface area contributed by atoms with Gasteiger partial charge < -0.3 is 9.53 Å². The molecule has 0 aromatic carbocycles. The number of ether oxygens (including phenoxy) is 1. The summed E-state index contributed by atoms with van der Waals surface area (Å²) in [5.74, 6) is 0. The molecule has 0 aliphatic carbocycles. The van der Waals surface area contributed by atoms with Crippen LogP contribution in [-0.2, 0) is 9.53 Å². The fourth-order valence-corrected chi connectivity index (χ4v) is 1.94. The van der Waals surface area contributed by atoms with E-state index in [1.54, 1.807) is 0 Å². The molecule has 0 N–H and O–H groups in total. The molecule has 1 fully saturated rings. The summed E-state index contributed by atoms with van der Waals surface area (Å²) in [6, 6.07) is -0.449. The first kappa shape index (κ1) is 13.7. The topological polar surface area (TPSA) is 46.6 Å². The lowest BCUT2D eigenvalue weighted by Gasteiger charge is -2.26. The predicted molar refractivity (Wildman–Crippen MR) is 65.8 cm³/mol. The maximum atomic E-state index is 11.9. The summed E-state index contributed by atoms with van der Waals surface area (Å²) >= 11 is 0. The summed E-state index contributed by atoms with van der Waals surface area (Å²) in [7, 11) is 0. The Labute approximate surface area is 103 Å². The average Bonchev–Trinajstić information content (AvgIpc) is 2.57. The van der Waals surface area contributed by atoms with Crippen LogP contribution in [0.3, 0.4) is 0 Å². The highest BCUT2D eigenvalue weighted by Gasteiger charge is 2.35. The van der Waals surface area contributed by atoms with Crippen molar-refractivity contribution in [2.24, 2.45) is 0 Å². The molecule has 0 saturated carbocycles. The number of aldehydes is 1. The minimum atomic E-state index is -0.530. The third-order valence-corrected chi connectivity index (χ3v) is 2.71. The van der Waals surface area contributed by atoms with Gasteiger partial charge in [0.15, 0.2) is 0 Å². The zero-order valence-corrected chi connectivity index (χ0v) is 11.2. The smallest absolute Gasteiger partial charge is 0.411 e. The third-order valence-electron chi connectivity index (χ3n) is 2.71. The molecular formula is C13H21NO3. The fraction of sp³-hybridized carbons (Fsp3) is 0.692. The van der Waals surface area contributed by atoms with Gasteiger partial charge >= 0.3 is 6.09 Å². The van der Waals surface area contributed by atoms with E-state index in [0.717, 1.165) is 23.9 Å². The number of amides is 1. The van der Waals surface area contributed by atoms with Gasteiger partial charge in [-0.2, -0.15) is 0 Å². The van der Waals surface area contributed by atoms with Crippen LogP contribution in [0.4, 0.5) is 4.79 Å². The zero-order chi connectivity index (χ0) is 13.2. The molecule has 0 aromatic heterocycles. The molecule has 0 spiro atoms. The Bertz CT molecular complexity index is 348. The summed E-state index contributed by atoms with van der Waals surface area (Å²) in [6.45, 7) is 9.93. The lowest BCUT2D eigenvalue weighted by molar-refractivity contribution is -0.110. The first-order valence-electron chi connectivity index (χ1n) is 5.87. The average molecular weight is 239 g/mol. The summed E-state index contributed by atoms with van der Waals surface area (Å²) < 4.78 is 5.29. The minimum absolute atomic E-state index is 0.411. The number of allylic oxidation sites excluding steroid dienone is 1. The quantitative estimate of drug-likeness (QED) is 0.522. The van der Waals surface area contributed by atoms with Gasteiger partial charge in [-0.25, -0.2) is 4.79 Å². The summed E-state index contributed by atoms with van der Waals surface area (Å²) in [5.41, 5.74) is 1.61. The van der Waals surface area contributed by atoms with Crippen molar-refractivity contribution in [3.8, 4) is 0 Å². The number of carbonyl (C=O) groups is 2. The molecule has 0 aromatic rings. The maximum Gasteiger partial charge on any atom is 0.411 e. The van der Waals surface area contributed by atoms with Gasteiger partial charge in [-0.15, -0.1) is 0 Å². The summed E-state index contributed by atoms with van der Waals surface area (Å²) in [4.78, 5) is 24.5. The Balaban J connectivity index is 2.84. The van der Waals surface area contributed by atoms with Crippen LogP contribution in [-0.4, -0.2) is 35.5 Å². The van der Waals surface area contributed by atoms with Crippen LogP contribution in [0.25, 0.3) is 0 Å². The normalized spacial score (nSPS) is 20.4. The van der Waals surface area contributed by atoms with Crippen LogP contribution in [0.15, 0.2) is 11.1 Å². The van der Waals surface area contributed by atoms with Gasteiger partial charge in [0.1, 0.15) is 17.9 Å². The Morgan fingerprint density at radius 2 is 2.00 bits per heavy atom. The fourth-order valence-electron chi connectivity index (χ4n) is 1.94. The van der Waals surface area contributed by atoms with Gasteiger partial charge in [0.2, 0.25) is 0 Å². The van der Waals surface area contributed by atoms with Crippen molar-refractivity contribution in [2.75, 3.05) is 6.54 Å². The van der Waals surface area contributed by atoms with Gasteiger partial charge in [-0.3, -0.25) is 4.90 Å². The van der Waals surface area contributed by atoms with Crippen LogP contribution in [0.5, 0.6) is 0 Å². The van der Waals surface area contributed by atoms with Crippen LogP contribution in [0, 0.1) is 0 Å². The molecule has 1 rings (SSSR count). The number of carbonyl (C=O) groups excluding carboxylic acids is 2. The third kappa shape index (κ3) is 3.32. The molecular weight excluding hydrogens is 218 g/mol. The van der Waals surface area contributed by atoms with Crippen LogP contribution in [0.1, 0.15) is 41.0 Å². The second-order valence-corrected chi connectivity index (χ2v) is 5.53. The van der Waals surface area contributed by atoms with E-state index >= 15 is 0 Å². The van der Waals surface area contributed by atoms with Crippen LogP contribution in [0.2, 0.25) is 0 Å². The van der Waals surface area contributed by atoms with Crippen molar-refractivity contribution >= 4 is 12.4 Å². The highest BCUT2D eigenvalue weighted by Crippen LogP contribution is 2.26. The molecule has 0 radical (unpaired) electrons. The highest BCUT2D eigenvalue weighted by molar-refractivity contribution is 5.77. The SMILES string of the molecule is CC(C)=C1CCN(C(=O)OC(C)(C)C)[C@@H]1C=O. The van der Waals surface area contributed by atoms with E-state index in [-0.39, 0.29) is 0 Å². The zero-order valence-electron chi connectivity index (χ0n) is 11.2. The van der Waals surface area contributed by atoms with Crippen molar-refractivity contribution in [1.82, 2.24) is 4.90 Å². The molecule has 17 heavy (non-hydrogen) atoms. The Hall–Kier alpha value is -1.32. The molecule has 4 heteroatoms. The Kier molecular flexibility index (Phi) is 3.96. The van der Waals surface area contributed by atoms with E-state index in [9.17, 15) is 9.59 Å². The van der Waals surface area contributed by atoms with Crippen molar-refractivity contribution in [2.45, 2.75) is 52.7 Å². The van der Waals surface area contributed by atoms with E-state index in [4.69, 9.17) is 4.74 Å². The number of hydrogen-bond donors (Lipinski definition) is 0. The molecule has 4 nitrogen and oxygen atoms in total. The Morgan fingerprint density at radius 3 is 2.41 bits per heavy atom. The molecule has 1 heterocycles. The lowest BCUT2D eigenvalue weighted by Crippen LogP contribution is -2.40. The maximum absolute atomic E-state index is 11.9. The molecule has 96 valence electrons. The van der Waals surface area contributed by atoms with E-state index in [1.807, 2.05) is 34.6 Å². The van der Waals surface area contributed by atoms with E-state index in [1.165, 1.54) is 4.90 Å². The second kappa shape index (κ2) is 4.90. The van der Waals surface area contributed by atoms with Crippen molar-refractivity contribution < 1.29 is 14.3 Å². The van der Waals surface area contributed by atoms with Gasteiger partial charge in [0.25, 0.3) is 0 Å². The molecule has 1 saturated heterocycles. The Morgan fingerprint density at radius 1 is 1.41 bits per heavy atom. The van der Waals surface area contributed by atoms with E-state index < -0.39 is 17.7 Å². The predicted octanol–water partition coefficient (Wildman–Crippen LogP) is 2.53. The molecule has 1 aliphatic heterocycles. The minimum Gasteiger partial charge on any atom is -0.444 e. The van der Waals surface area contributed by atoms with Gasteiger partial charge in [-0.1, -0.05) is 5.57 Å². The van der Waals surface area contributed by atoms with Crippen LogP contribution < -0.4 is 0 Å². The van der Waals surface area contributed by atoms with E-state index in [0.29, 0.717) is 6.54 Å². The van der Waals surface area contributed by atoms with Crippen LogP contribution >= 0.6 is 0 Å². The molecule has 1 atom stereocenters. The summed E-state index contributed by atoms with van der Waals surface area (Å²) in [6.07, 6.45) is 1.16. The largest absolute Gasteiger partial charge is 0.444 e. The number of hydrogen-bond acceptors (Lipinski definition) is 3. The first-order chi connectivity index (χ1) is 7.76. The molecule has 0 bridgehead atoms. The number of rotatable bonds is 1. The van der Waals surface area contributed by atoms with Crippen molar-refractivity contribution in [1.29, 1.82) is 0 Å². The van der Waals surface area contributed by atoms with Gasteiger partial charge in [-0.05, 0) is 46.6 Å². The van der Waals surface area contributed by atoms with Gasteiger partial charge in [0.05, 0.1) is 0 Å². The second-order valence-electron chi connectivity index (χ2n) is 5.53. The molecule has 1 amide bonds. The lowest BCUT2D eigenvalue weighted by atomic mass is 10.0. The first-order valence-corrected chi connectivity index (χ1v) is 5.87. The summed E-state index contributed by atoms with van der Waals surface area (Å²) in [5, 5.41) is 0. The molecule has 0 unspecified atom stereocenters. The number of nitrogens with zero attached hydrogens (tertiary/aromatic N) is 1. The van der Waals surface area contributed by atoms with Crippen molar-refractivity contribution in [3.05, 3.63) is 11.1 Å². The monoisotopic (exact) mass is 239 g/mol.